The van der Waals surface area contributed by atoms with Gasteiger partial charge in [0, 0.05) is 4.90 Å². The highest BCUT2D eigenvalue weighted by Gasteiger charge is 2.03. The van der Waals surface area contributed by atoms with Crippen molar-refractivity contribution < 1.29 is 9.53 Å². The van der Waals surface area contributed by atoms with Gasteiger partial charge in [-0.1, -0.05) is 23.8 Å². The van der Waals surface area contributed by atoms with Crippen molar-refractivity contribution in [2.75, 3.05) is 18.9 Å². The number of hydrogen-bond acceptors (Lipinski definition) is 3. The number of amides is 1. The molecule has 23 heavy (non-hydrogen) atoms. The van der Waals surface area contributed by atoms with Crippen LogP contribution in [0.5, 0.6) is 5.75 Å². The van der Waals surface area contributed by atoms with Crippen molar-refractivity contribution in [3.05, 3.63) is 59.2 Å². The van der Waals surface area contributed by atoms with Crippen LogP contribution in [0.15, 0.2) is 47.4 Å². The second-order valence-electron chi connectivity index (χ2n) is 5.55. The third-order valence-corrected chi connectivity index (χ3v) is 4.57. The maximum Gasteiger partial charge on any atom is 0.230 e. The second-order valence-corrected chi connectivity index (χ2v) is 6.59. The summed E-state index contributed by atoms with van der Waals surface area (Å²) in [6.45, 7) is 7.18. The van der Waals surface area contributed by atoms with Crippen LogP contribution in [-0.4, -0.2) is 24.8 Å². The minimum absolute atomic E-state index is 0.0271. The van der Waals surface area contributed by atoms with Crippen LogP contribution >= 0.6 is 11.8 Å². The lowest BCUT2D eigenvalue weighted by atomic mass is 10.1. The Hall–Kier alpha value is -1.94. The lowest BCUT2D eigenvalue weighted by Crippen LogP contribution is -2.29. The van der Waals surface area contributed by atoms with Crippen molar-refractivity contribution in [1.82, 2.24) is 5.32 Å². The van der Waals surface area contributed by atoms with Crippen LogP contribution in [0.3, 0.4) is 0 Å². The predicted octanol–water partition coefficient (Wildman–Crippen LogP) is 3.90. The van der Waals surface area contributed by atoms with Crippen LogP contribution in [0.1, 0.15) is 16.7 Å². The van der Waals surface area contributed by atoms with E-state index in [0.29, 0.717) is 18.9 Å². The number of carbonyl (C=O) groups is 1. The molecule has 0 fully saturated rings. The van der Waals surface area contributed by atoms with E-state index in [-0.39, 0.29) is 5.91 Å². The Labute approximate surface area is 142 Å². The smallest absolute Gasteiger partial charge is 0.230 e. The summed E-state index contributed by atoms with van der Waals surface area (Å²) < 4.78 is 5.65. The van der Waals surface area contributed by atoms with Gasteiger partial charge in [-0.05, 0) is 56.2 Å². The van der Waals surface area contributed by atoms with Crippen LogP contribution in [0.4, 0.5) is 0 Å². The third-order valence-electron chi connectivity index (χ3n) is 3.56. The van der Waals surface area contributed by atoms with Gasteiger partial charge in [-0.25, -0.2) is 0 Å². The Kier molecular flexibility index (Phi) is 6.53. The molecule has 0 bridgehead atoms. The van der Waals surface area contributed by atoms with Crippen LogP contribution in [0.25, 0.3) is 0 Å². The summed E-state index contributed by atoms with van der Waals surface area (Å²) in [5.74, 6) is 1.29. The van der Waals surface area contributed by atoms with E-state index in [1.165, 1.54) is 16.7 Å². The van der Waals surface area contributed by atoms with E-state index >= 15 is 0 Å². The molecule has 3 nitrogen and oxygen atoms in total. The molecule has 0 spiro atoms. The van der Waals surface area contributed by atoms with Crippen molar-refractivity contribution in [2.24, 2.45) is 0 Å². The maximum absolute atomic E-state index is 11.8. The van der Waals surface area contributed by atoms with E-state index in [1.54, 1.807) is 11.8 Å². The van der Waals surface area contributed by atoms with Crippen molar-refractivity contribution in [1.29, 1.82) is 0 Å². The van der Waals surface area contributed by atoms with Crippen molar-refractivity contribution in [3.8, 4) is 5.75 Å². The number of nitrogens with one attached hydrogen (secondary N) is 1. The average molecular weight is 329 g/mol. The molecule has 0 aliphatic carbocycles. The lowest BCUT2D eigenvalue weighted by molar-refractivity contribution is -0.118. The highest BCUT2D eigenvalue weighted by atomic mass is 32.2. The molecule has 0 aliphatic rings. The summed E-state index contributed by atoms with van der Waals surface area (Å²) in [4.78, 5) is 12.9. The summed E-state index contributed by atoms with van der Waals surface area (Å²) in [5, 5.41) is 2.88. The number of aryl methyl sites for hydroxylation is 3. The van der Waals surface area contributed by atoms with E-state index < -0.39 is 0 Å². The van der Waals surface area contributed by atoms with Gasteiger partial charge >= 0.3 is 0 Å². The standard InChI is InChI=1S/C19H23NO2S/c1-14-4-8-18(9-5-14)23-13-19(21)20-10-11-22-17-7-6-15(2)16(3)12-17/h4-9,12H,10-11,13H2,1-3H3,(H,20,21). The Morgan fingerprint density at radius 2 is 1.78 bits per heavy atom. The molecule has 2 aromatic carbocycles. The molecular formula is C19H23NO2S. The fourth-order valence-electron chi connectivity index (χ4n) is 2.00. The van der Waals surface area contributed by atoms with Gasteiger partial charge in [0.1, 0.15) is 12.4 Å². The second kappa shape index (κ2) is 8.63. The van der Waals surface area contributed by atoms with E-state index in [1.807, 2.05) is 30.3 Å². The van der Waals surface area contributed by atoms with Gasteiger partial charge in [0.15, 0.2) is 0 Å². The Morgan fingerprint density at radius 3 is 2.48 bits per heavy atom. The average Bonchev–Trinajstić information content (AvgIpc) is 2.54. The molecule has 2 rings (SSSR count). The fraction of sp³-hybridized carbons (Fsp3) is 0.316. The van der Waals surface area contributed by atoms with E-state index in [9.17, 15) is 4.79 Å². The molecule has 0 aromatic heterocycles. The topological polar surface area (TPSA) is 38.3 Å². The first-order valence-corrected chi connectivity index (χ1v) is 8.69. The molecule has 1 N–H and O–H groups in total. The van der Waals surface area contributed by atoms with Gasteiger partial charge in [0.25, 0.3) is 0 Å². The summed E-state index contributed by atoms with van der Waals surface area (Å²) in [5.41, 5.74) is 3.68. The third kappa shape index (κ3) is 5.99. The monoisotopic (exact) mass is 329 g/mol. The molecule has 0 saturated heterocycles. The van der Waals surface area contributed by atoms with Crippen LogP contribution in [0, 0.1) is 20.8 Å². The number of hydrogen-bond donors (Lipinski definition) is 1. The van der Waals surface area contributed by atoms with Crippen molar-refractivity contribution >= 4 is 17.7 Å². The van der Waals surface area contributed by atoms with Gasteiger partial charge in [0.2, 0.25) is 5.91 Å². The van der Waals surface area contributed by atoms with Gasteiger partial charge in [-0.15, -0.1) is 11.8 Å². The molecule has 0 aliphatic heterocycles. The minimum atomic E-state index is 0.0271. The predicted molar refractivity (Wildman–Crippen MR) is 96.3 cm³/mol. The Morgan fingerprint density at radius 1 is 1.04 bits per heavy atom. The summed E-state index contributed by atoms with van der Waals surface area (Å²) in [6.07, 6.45) is 0. The van der Waals surface area contributed by atoms with Crippen LogP contribution in [-0.2, 0) is 4.79 Å². The lowest BCUT2D eigenvalue weighted by Gasteiger charge is -2.09. The maximum atomic E-state index is 11.8. The van der Waals surface area contributed by atoms with Gasteiger partial charge < -0.3 is 10.1 Å². The van der Waals surface area contributed by atoms with Gasteiger partial charge in [-0.2, -0.15) is 0 Å². The minimum Gasteiger partial charge on any atom is -0.492 e. The number of ether oxygens (including phenoxy) is 1. The van der Waals surface area contributed by atoms with Crippen molar-refractivity contribution in [2.45, 2.75) is 25.7 Å². The fourth-order valence-corrected chi connectivity index (χ4v) is 2.73. The summed E-state index contributed by atoms with van der Waals surface area (Å²) >= 11 is 1.54. The normalized spacial score (nSPS) is 10.4. The largest absolute Gasteiger partial charge is 0.492 e. The summed E-state index contributed by atoms with van der Waals surface area (Å²) in [7, 11) is 0. The van der Waals surface area contributed by atoms with Crippen LogP contribution in [0.2, 0.25) is 0 Å². The first-order chi connectivity index (χ1) is 11.0. The number of thioether (sulfide) groups is 1. The zero-order valence-electron chi connectivity index (χ0n) is 13.9. The Balaban J connectivity index is 1.64. The molecule has 0 atom stereocenters. The number of carbonyl (C=O) groups excluding carboxylic acids is 1. The number of benzene rings is 2. The summed E-state index contributed by atoms with van der Waals surface area (Å²) in [6, 6.07) is 14.2. The Bertz CT molecular complexity index is 653. The molecule has 122 valence electrons. The van der Waals surface area contributed by atoms with E-state index in [2.05, 4.69) is 38.2 Å². The molecule has 0 heterocycles. The van der Waals surface area contributed by atoms with Crippen LogP contribution < -0.4 is 10.1 Å². The zero-order chi connectivity index (χ0) is 16.7. The number of rotatable bonds is 7. The van der Waals surface area contributed by atoms with E-state index in [0.717, 1.165) is 10.6 Å². The molecule has 0 saturated carbocycles. The molecule has 0 radical (unpaired) electrons. The van der Waals surface area contributed by atoms with E-state index in [4.69, 9.17) is 4.74 Å². The molecule has 4 heteroatoms. The first kappa shape index (κ1) is 17.4. The SMILES string of the molecule is Cc1ccc(SCC(=O)NCCOc2ccc(C)c(C)c2)cc1. The molecule has 1 amide bonds. The molecule has 2 aromatic rings. The quantitative estimate of drug-likeness (QED) is 0.618. The van der Waals surface area contributed by atoms with Gasteiger partial charge in [0.05, 0.1) is 12.3 Å². The first-order valence-electron chi connectivity index (χ1n) is 7.71. The highest BCUT2D eigenvalue weighted by Crippen LogP contribution is 2.18. The van der Waals surface area contributed by atoms with Gasteiger partial charge in [-0.3, -0.25) is 4.79 Å². The highest BCUT2D eigenvalue weighted by molar-refractivity contribution is 8.00. The zero-order valence-corrected chi connectivity index (χ0v) is 14.7. The molecular weight excluding hydrogens is 306 g/mol. The molecule has 0 unspecified atom stereocenters. The van der Waals surface area contributed by atoms with Crippen molar-refractivity contribution in [3.63, 3.8) is 0 Å².